The number of piperazine rings is 1. The minimum atomic E-state index is -2.79. The Labute approximate surface area is 127 Å². The van der Waals surface area contributed by atoms with Gasteiger partial charge in [-0.15, -0.1) is 0 Å². The van der Waals surface area contributed by atoms with E-state index in [0.29, 0.717) is 11.5 Å². The first kappa shape index (κ1) is 14.6. The Morgan fingerprint density at radius 2 is 2.10 bits per heavy atom. The van der Waals surface area contributed by atoms with Crippen LogP contribution in [0.5, 0.6) is 0 Å². The fraction of sp³-hybridized carbons (Fsp3) is 0.818. The van der Waals surface area contributed by atoms with E-state index in [0.717, 1.165) is 43.2 Å². The molecule has 0 aromatic carbocycles. The molecule has 112 valence electrons. The van der Waals surface area contributed by atoms with Crippen LogP contribution in [0, 0.1) is 3.95 Å². The zero-order valence-corrected chi connectivity index (χ0v) is 13.6. The Kier molecular flexibility index (Phi) is 4.23. The maximum atomic E-state index is 11.5. The van der Waals surface area contributed by atoms with Crippen LogP contribution in [-0.2, 0) is 16.5 Å². The molecule has 2 aliphatic heterocycles. The lowest BCUT2D eigenvalue weighted by Crippen LogP contribution is -2.50. The van der Waals surface area contributed by atoms with Crippen LogP contribution in [0.15, 0.2) is 5.51 Å². The molecule has 2 fully saturated rings. The van der Waals surface area contributed by atoms with Crippen molar-refractivity contribution in [1.82, 2.24) is 19.6 Å². The van der Waals surface area contributed by atoms with Crippen LogP contribution in [0.1, 0.15) is 6.42 Å². The molecular weight excluding hydrogens is 316 g/mol. The second-order valence-corrected chi connectivity index (χ2v) is 9.06. The topological polar surface area (TPSA) is 58.4 Å². The zero-order valence-electron chi connectivity index (χ0n) is 11.1. The smallest absolute Gasteiger partial charge is 0.180 e. The summed E-state index contributed by atoms with van der Waals surface area (Å²) >= 11 is 6.68. The Hall–Kier alpha value is -0.350. The number of hydrogen-bond acceptors (Lipinski definition) is 7. The largest absolute Gasteiger partial charge is 0.297 e. The third-order valence-corrected chi connectivity index (χ3v) is 6.88. The second kappa shape index (κ2) is 5.80. The first-order valence-electron chi connectivity index (χ1n) is 6.71. The maximum Gasteiger partial charge on any atom is 0.180 e. The fourth-order valence-corrected chi connectivity index (χ4v) is 5.32. The van der Waals surface area contributed by atoms with Gasteiger partial charge in [0.25, 0.3) is 0 Å². The number of hydrogen-bond donors (Lipinski definition) is 0. The van der Waals surface area contributed by atoms with Gasteiger partial charge in [0.1, 0.15) is 5.51 Å². The van der Waals surface area contributed by atoms with Crippen molar-refractivity contribution in [2.45, 2.75) is 19.1 Å². The summed E-state index contributed by atoms with van der Waals surface area (Å²) in [5.41, 5.74) is 1.77. The fourth-order valence-electron chi connectivity index (χ4n) is 2.85. The van der Waals surface area contributed by atoms with E-state index >= 15 is 0 Å². The summed E-state index contributed by atoms with van der Waals surface area (Å²) in [6, 6.07) is 0.226. The molecule has 6 nitrogen and oxygen atoms in total. The molecule has 20 heavy (non-hydrogen) atoms. The molecule has 0 bridgehead atoms. The molecule has 9 heteroatoms. The van der Waals surface area contributed by atoms with Gasteiger partial charge < -0.3 is 0 Å². The Morgan fingerprint density at radius 3 is 2.65 bits per heavy atom. The van der Waals surface area contributed by atoms with Gasteiger partial charge in [0, 0.05) is 32.2 Å². The van der Waals surface area contributed by atoms with E-state index in [4.69, 9.17) is 12.2 Å². The first-order valence-corrected chi connectivity index (χ1v) is 9.82. The van der Waals surface area contributed by atoms with Gasteiger partial charge in [0.15, 0.2) is 13.8 Å². The van der Waals surface area contributed by atoms with Crippen LogP contribution < -0.4 is 0 Å². The van der Waals surface area contributed by atoms with Crippen LogP contribution in [-0.4, -0.2) is 71.7 Å². The maximum absolute atomic E-state index is 11.5. The van der Waals surface area contributed by atoms with Crippen LogP contribution in [0.4, 0.5) is 0 Å². The molecule has 0 amide bonds. The minimum absolute atomic E-state index is 0.226. The molecule has 0 aliphatic carbocycles. The van der Waals surface area contributed by atoms with E-state index in [1.165, 1.54) is 11.3 Å². The van der Waals surface area contributed by atoms with Crippen molar-refractivity contribution in [1.29, 1.82) is 0 Å². The number of rotatable bonds is 3. The summed E-state index contributed by atoms with van der Waals surface area (Å²) in [5, 5.41) is 4.22. The predicted octanol–water partition coefficient (Wildman–Crippen LogP) is 0.436. The molecule has 1 aromatic heterocycles. The summed E-state index contributed by atoms with van der Waals surface area (Å²) in [4.78, 5) is 4.64. The van der Waals surface area contributed by atoms with Gasteiger partial charge in [-0.25, -0.2) is 13.1 Å². The number of sulfone groups is 1. The van der Waals surface area contributed by atoms with Crippen molar-refractivity contribution in [2.75, 3.05) is 37.7 Å². The molecule has 3 heterocycles. The average molecular weight is 334 g/mol. The van der Waals surface area contributed by atoms with Gasteiger partial charge in [-0.05, 0) is 18.6 Å². The summed E-state index contributed by atoms with van der Waals surface area (Å²) < 4.78 is 25.7. The number of nitrogens with zero attached hydrogens (tertiary/aromatic N) is 4. The van der Waals surface area contributed by atoms with Crippen molar-refractivity contribution < 1.29 is 8.42 Å². The van der Waals surface area contributed by atoms with Crippen LogP contribution in [0.2, 0.25) is 0 Å². The molecule has 2 saturated heterocycles. The Morgan fingerprint density at radius 1 is 1.35 bits per heavy atom. The van der Waals surface area contributed by atoms with E-state index in [-0.39, 0.29) is 6.04 Å². The van der Waals surface area contributed by atoms with Crippen molar-refractivity contribution in [3.63, 3.8) is 0 Å². The summed E-state index contributed by atoms with van der Waals surface area (Å²) in [6.07, 6.45) is 0.791. The third-order valence-electron chi connectivity index (χ3n) is 4.02. The molecule has 3 rings (SSSR count). The van der Waals surface area contributed by atoms with Gasteiger partial charge in [-0.2, -0.15) is 5.10 Å². The van der Waals surface area contributed by atoms with Crippen molar-refractivity contribution in [3.05, 3.63) is 9.46 Å². The molecule has 0 radical (unpaired) electrons. The Bertz CT molecular complexity index is 616. The highest BCUT2D eigenvalue weighted by atomic mass is 32.2. The highest BCUT2D eigenvalue weighted by Gasteiger charge is 2.33. The SMILES string of the molecule is O=S1(=O)CC[C@H](N2CCN(Cn3ncsc3=S)CC2)C1. The molecule has 0 N–H and O–H groups in total. The molecule has 0 spiro atoms. The molecule has 0 unspecified atom stereocenters. The van der Waals surface area contributed by atoms with E-state index < -0.39 is 9.84 Å². The lowest BCUT2D eigenvalue weighted by molar-refractivity contribution is 0.0811. The van der Waals surface area contributed by atoms with Crippen molar-refractivity contribution >= 4 is 33.4 Å². The summed E-state index contributed by atoms with van der Waals surface area (Å²) in [6.45, 7) is 4.47. The second-order valence-electron chi connectivity index (χ2n) is 5.36. The molecule has 1 aromatic rings. The average Bonchev–Trinajstić information content (AvgIpc) is 2.97. The lowest BCUT2D eigenvalue weighted by Gasteiger charge is -2.37. The van der Waals surface area contributed by atoms with Gasteiger partial charge in [-0.3, -0.25) is 9.80 Å². The van der Waals surface area contributed by atoms with E-state index in [1.54, 1.807) is 5.51 Å². The Balaban J connectivity index is 1.52. The zero-order chi connectivity index (χ0) is 14.2. The van der Waals surface area contributed by atoms with Crippen molar-refractivity contribution in [3.8, 4) is 0 Å². The van der Waals surface area contributed by atoms with E-state index in [1.807, 2.05) is 4.68 Å². The monoisotopic (exact) mass is 334 g/mol. The molecule has 2 aliphatic rings. The summed E-state index contributed by atoms with van der Waals surface area (Å²) in [7, 11) is -2.79. The minimum Gasteiger partial charge on any atom is -0.297 e. The molecule has 0 saturated carbocycles. The normalized spacial score (nSPS) is 27.9. The molecular formula is C11H18N4O2S3. The standard InChI is InChI=1S/C11H18N4O2S3/c16-20(17)6-1-10(7-20)14-4-2-13(3-5-14)9-15-11(18)19-8-12-15/h8,10H,1-7,9H2/t10-/m0/s1. The number of aromatic nitrogens is 2. The van der Waals surface area contributed by atoms with Crippen molar-refractivity contribution in [2.24, 2.45) is 0 Å². The molecule has 1 atom stereocenters. The van der Waals surface area contributed by atoms with E-state index in [9.17, 15) is 8.42 Å². The van der Waals surface area contributed by atoms with E-state index in [2.05, 4.69) is 14.9 Å². The highest BCUT2D eigenvalue weighted by molar-refractivity contribution is 7.91. The van der Waals surface area contributed by atoms with Gasteiger partial charge in [-0.1, -0.05) is 11.3 Å². The summed E-state index contributed by atoms with van der Waals surface area (Å²) in [5.74, 6) is 0.690. The van der Waals surface area contributed by atoms with Crippen LogP contribution in [0.3, 0.4) is 0 Å². The highest BCUT2D eigenvalue weighted by Crippen LogP contribution is 2.19. The van der Waals surface area contributed by atoms with Gasteiger partial charge >= 0.3 is 0 Å². The van der Waals surface area contributed by atoms with Crippen LogP contribution in [0.25, 0.3) is 0 Å². The predicted molar refractivity (Wildman–Crippen MR) is 81.1 cm³/mol. The third kappa shape index (κ3) is 3.28. The quantitative estimate of drug-likeness (QED) is 0.748. The first-order chi connectivity index (χ1) is 9.53. The van der Waals surface area contributed by atoms with Gasteiger partial charge in [0.05, 0.1) is 18.2 Å². The van der Waals surface area contributed by atoms with Crippen LogP contribution >= 0.6 is 23.6 Å². The van der Waals surface area contributed by atoms with Gasteiger partial charge in [0.2, 0.25) is 0 Å². The lowest BCUT2D eigenvalue weighted by atomic mass is 10.2.